The second-order valence-electron chi connectivity index (χ2n) is 6.32. The van der Waals surface area contributed by atoms with Crippen LogP contribution in [0.5, 0.6) is 0 Å². The number of carbonyl (C=O) groups excluding carboxylic acids is 1. The topological polar surface area (TPSA) is 68.2 Å². The molecule has 2 N–H and O–H groups in total. The summed E-state index contributed by atoms with van der Waals surface area (Å²) in [7, 11) is 0. The molecule has 2 heterocycles. The molecule has 1 aliphatic carbocycles. The highest BCUT2D eigenvalue weighted by Gasteiger charge is 2.39. The van der Waals surface area contributed by atoms with Crippen molar-refractivity contribution in [3.05, 3.63) is 0 Å². The highest BCUT2D eigenvalue weighted by atomic mass is 16.2. The number of hydrogen-bond acceptors (Lipinski definition) is 4. The lowest BCUT2D eigenvalue weighted by Crippen LogP contribution is -2.49. The van der Waals surface area contributed by atoms with Crippen molar-refractivity contribution in [2.45, 2.75) is 31.2 Å². The van der Waals surface area contributed by atoms with Gasteiger partial charge in [0.2, 0.25) is 5.91 Å². The molecule has 0 aromatic rings. The van der Waals surface area contributed by atoms with E-state index in [4.69, 9.17) is 0 Å². The summed E-state index contributed by atoms with van der Waals surface area (Å²) in [6.45, 7) is 4.67. The van der Waals surface area contributed by atoms with Gasteiger partial charge in [-0.05, 0) is 50.6 Å². The lowest BCUT2D eigenvalue weighted by Gasteiger charge is -2.24. The number of nitriles is 1. The first-order valence-corrected chi connectivity index (χ1v) is 7.36. The van der Waals surface area contributed by atoms with Crippen molar-refractivity contribution in [3.8, 4) is 6.07 Å². The van der Waals surface area contributed by atoms with Crippen LogP contribution in [-0.4, -0.2) is 49.1 Å². The number of nitrogens with one attached hydrogen (secondary N) is 2. The normalized spacial score (nSPS) is 33.0. The van der Waals surface area contributed by atoms with E-state index in [1.165, 1.54) is 0 Å². The van der Waals surface area contributed by atoms with E-state index >= 15 is 0 Å². The molecule has 0 aromatic carbocycles. The first kappa shape index (κ1) is 12.9. The van der Waals surface area contributed by atoms with Crippen LogP contribution in [0.4, 0.5) is 0 Å². The molecular formula is C14H22N4O. The van der Waals surface area contributed by atoms with Gasteiger partial charge in [0.1, 0.15) is 5.54 Å². The molecule has 2 unspecified atom stereocenters. The van der Waals surface area contributed by atoms with Crippen LogP contribution in [0, 0.1) is 23.2 Å². The largest absolute Gasteiger partial charge is 0.337 e. The lowest BCUT2D eigenvalue weighted by molar-refractivity contribution is -0.123. The summed E-state index contributed by atoms with van der Waals surface area (Å²) in [5.41, 5.74) is -0.575. The Morgan fingerprint density at radius 3 is 2.53 bits per heavy atom. The van der Waals surface area contributed by atoms with Gasteiger partial charge in [0.25, 0.3) is 0 Å². The van der Waals surface area contributed by atoms with Crippen molar-refractivity contribution >= 4 is 5.91 Å². The first-order valence-electron chi connectivity index (χ1n) is 7.36. The quantitative estimate of drug-likeness (QED) is 0.756. The molecule has 0 bridgehead atoms. The summed E-state index contributed by atoms with van der Waals surface area (Å²) in [4.78, 5) is 14.4. The number of carbonyl (C=O) groups is 1. The molecule has 3 rings (SSSR count). The van der Waals surface area contributed by atoms with Gasteiger partial charge in [-0.15, -0.1) is 0 Å². The second-order valence-corrected chi connectivity index (χ2v) is 6.32. The third-order valence-electron chi connectivity index (χ3n) is 4.88. The maximum absolute atomic E-state index is 12.1. The minimum atomic E-state index is -0.575. The van der Waals surface area contributed by atoms with Gasteiger partial charge < -0.3 is 10.6 Å². The highest BCUT2D eigenvalue weighted by molar-refractivity contribution is 5.79. The van der Waals surface area contributed by atoms with Gasteiger partial charge in [-0.2, -0.15) is 5.26 Å². The Balaban J connectivity index is 1.51. The molecule has 0 spiro atoms. The third-order valence-corrected chi connectivity index (χ3v) is 4.88. The van der Waals surface area contributed by atoms with Crippen molar-refractivity contribution in [3.63, 3.8) is 0 Å². The van der Waals surface area contributed by atoms with Gasteiger partial charge in [0.15, 0.2) is 0 Å². The molecule has 0 radical (unpaired) electrons. The Labute approximate surface area is 114 Å². The Hall–Kier alpha value is -1.12. The molecule has 2 saturated heterocycles. The van der Waals surface area contributed by atoms with Gasteiger partial charge in [-0.3, -0.25) is 9.69 Å². The zero-order chi connectivity index (χ0) is 13.3. The Morgan fingerprint density at radius 2 is 1.95 bits per heavy atom. The summed E-state index contributed by atoms with van der Waals surface area (Å²) in [5.74, 6) is 1.45. The predicted octanol–water partition coefficient (Wildman–Crippen LogP) is 0.0902. The van der Waals surface area contributed by atoms with Crippen molar-refractivity contribution in [2.24, 2.45) is 11.8 Å². The molecule has 2 aliphatic heterocycles. The summed E-state index contributed by atoms with van der Waals surface area (Å²) in [6.07, 6.45) is 3.72. The minimum Gasteiger partial charge on any atom is -0.337 e. The Bertz CT molecular complexity index is 385. The van der Waals surface area contributed by atoms with Crippen LogP contribution in [0.15, 0.2) is 0 Å². The average molecular weight is 262 g/mol. The van der Waals surface area contributed by atoms with Crippen molar-refractivity contribution in [2.75, 3.05) is 32.7 Å². The third kappa shape index (κ3) is 2.60. The Kier molecular flexibility index (Phi) is 3.46. The second kappa shape index (κ2) is 5.10. The van der Waals surface area contributed by atoms with Gasteiger partial charge in [-0.1, -0.05) is 0 Å². The fourth-order valence-corrected chi connectivity index (χ4v) is 3.83. The van der Waals surface area contributed by atoms with E-state index in [-0.39, 0.29) is 5.91 Å². The van der Waals surface area contributed by atoms with E-state index in [0.717, 1.165) is 51.9 Å². The van der Waals surface area contributed by atoms with Gasteiger partial charge in [-0.25, -0.2) is 0 Å². The van der Waals surface area contributed by atoms with E-state index < -0.39 is 5.54 Å². The average Bonchev–Trinajstić information content (AvgIpc) is 3.04. The summed E-state index contributed by atoms with van der Waals surface area (Å²) < 4.78 is 0. The lowest BCUT2D eigenvalue weighted by atomic mass is 10.00. The van der Waals surface area contributed by atoms with Crippen LogP contribution in [0.25, 0.3) is 0 Å². The van der Waals surface area contributed by atoms with Crippen LogP contribution in [0.3, 0.4) is 0 Å². The molecule has 104 valence electrons. The SMILES string of the molecule is N#CC1(NC(=O)CN2CC3CNCC3C2)CCCC1. The number of rotatable bonds is 3. The molecule has 2 atom stereocenters. The monoisotopic (exact) mass is 262 g/mol. The molecular weight excluding hydrogens is 240 g/mol. The number of nitrogens with zero attached hydrogens (tertiary/aromatic N) is 2. The molecule has 5 nitrogen and oxygen atoms in total. The minimum absolute atomic E-state index is 0.0244. The molecule has 1 saturated carbocycles. The summed E-state index contributed by atoms with van der Waals surface area (Å²) in [5, 5.41) is 15.7. The Morgan fingerprint density at radius 1 is 1.32 bits per heavy atom. The van der Waals surface area contributed by atoms with E-state index in [2.05, 4.69) is 21.6 Å². The smallest absolute Gasteiger partial charge is 0.235 e. The molecule has 0 aromatic heterocycles. The van der Waals surface area contributed by atoms with E-state index in [0.29, 0.717) is 18.4 Å². The predicted molar refractivity (Wildman–Crippen MR) is 71.2 cm³/mol. The van der Waals surface area contributed by atoms with E-state index in [1.807, 2.05) is 0 Å². The number of fused-ring (bicyclic) bond motifs is 1. The molecule has 5 heteroatoms. The summed E-state index contributed by atoms with van der Waals surface area (Å²) >= 11 is 0. The zero-order valence-corrected chi connectivity index (χ0v) is 11.3. The highest BCUT2D eigenvalue weighted by Crippen LogP contribution is 2.29. The van der Waals surface area contributed by atoms with Crippen LogP contribution in [-0.2, 0) is 4.79 Å². The maximum atomic E-state index is 12.1. The molecule has 1 amide bonds. The van der Waals surface area contributed by atoms with Gasteiger partial charge in [0, 0.05) is 13.1 Å². The van der Waals surface area contributed by atoms with Crippen molar-refractivity contribution in [1.82, 2.24) is 15.5 Å². The number of likely N-dealkylation sites (tertiary alicyclic amines) is 1. The van der Waals surface area contributed by atoms with Crippen LogP contribution < -0.4 is 10.6 Å². The van der Waals surface area contributed by atoms with Crippen LogP contribution in [0.2, 0.25) is 0 Å². The van der Waals surface area contributed by atoms with Crippen LogP contribution in [0.1, 0.15) is 25.7 Å². The van der Waals surface area contributed by atoms with Crippen molar-refractivity contribution < 1.29 is 4.79 Å². The number of amides is 1. The zero-order valence-electron chi connectivity index (χ0n) is 11.3. The molecule has 19 heavy (non-hydrogen) atoms. The summed E-state index contributed by atoms with van der Waals surface area (Å²) in [6, 6.07) is 2.31. The van der Waals surface area contributed by atoms with Gasteiger partial charge >= 0.3 is 0 Å². The molecule has 3 fully saturated rings. The maximum Gasteiger partial charge on any atom is 0.235 e. The first-order chi connectivity index (χ1) is 9.21. The number of hydrogen-bond donors (Lipinski definition) is 2. The van der Waals surface area contributed by atoms with Crippen LogP contribution >= 0.6 is 0 Å². The fraction of sp³-hybridized carbons (Fsp3) is 0.857. The molecule has 3 aliphatic rings. The standard InChI is InChI=1S/C14H22N4O/c15-10-14(3-1-2-4-14)17-13(19)9-18-7-11-5-16-6-12(11)8-18/h11-12,16H,1-9H2,(H,17,19). The van der Waals surface area contributed by atoms with E-state index in [1.54, 1.807) is 0 Å². The van der Waals surface area contributed by atoms with E-state index in [9.17, 15) is 10.1 Å². The fourth-order valence-electron chi connectivity index (χ4n) is 3.83. The van der Waals surface area contributed by atoms with Gasteiger partial charge in [0.05, 0.1) is 12.6 Å². The van der Waals surface area contributed by atoms with Crippen molar-refractivity contribution in [1.29, 1.82) is 5.26 Å².